The average molecular weight is 212 g/mol. The van der Waals surface area contributed by atoms with E-state index in [1.807, 2.05) is 4.98 Å². The van der Waals surface area contributed by atoms with Gasteiger partial charge in [0, 0.05) is 13.1 Å². The first-order valence-corrected chi connectivity index (χ1v) is 4.60. The predicted molar refractivity (Wildman–Crippen MR) is 56.6 cm³/mol. The summed E-state index contributed by atoms with van der Waals surface area (Å²) in [4.78, 5) is 35.1. The summed E-state index contributed by atoms with van der Waals surface area (Å²) < 4.78 is 1.25. The highest BCUT2D eigenvalue weighted by Crippen LogP contribution is 2.16. The van der Waals surface area contributed by atoms with Crippen molar-refractivity contribution in [2.75, 3.05) is 11.9 Å². The smallest absolute Gasteiger partial charge is 0.330 e. The van der Waals surface area contributed by atoms with Gasteiger partial charge in [0.1, 0.15) is 5.82 Å². The lowest BCUT2D eigenvalue weighted by Crippen LogP contribution is -2.31. The lowest BCUT2D eigenvalue weighted by molar-refractivity contribution is 0.699. The number of aromatic nitrogens is 2. The summed E-state index contributed by atoms with van der Waals surface area (Å²) in [6.07, 6.45) is 0. The Balaban J connectivity index is 3.58. The molecule has 0 saturated carbocycles. The fourth-order valence-corrected chi connectivity index (χ4v) is 1.29. The molecule has 0 spiro atoms. The molecule has 0 bridgehead atoms. The van der Waals surface area contributed by atoms with Gasteiger partial charge in [-0.2, -0.15) is 0 Å². The molecule has 0 radical (unpaired) electrons. The van der Waals surface area contributed by atoms with Crippen LogP contribution >= 0.6 is 0 Å². The van der Waals surface area contributed by atoms with E-state index in [0.29, 0.717) is 13.1 Å². The van der Waals surface area contributed by atoms with Crippen molar-refractivity contribution in [3.63, 3.8) is 0 Å². The number of nitrogens with one attached hydrogen (secondary N) is 2. The molecule has 82 valence electrons. The third-order valence-corrected chi connectivity index (χ3v) is 1.93. The molecule has 2 N–H and O–H groups in total. The van der Waals surface area contributed by atoms with Crippen LogP contribution < -0.4 is 16.6 Å². The lowest BCUT2D eigenvalue weighted by Gasteiger charge is -2.11. The van der Waals surface area contributed by atoms with Crippen LogP contribution in [-0.4, -0.2) is 16.1 Å². The molecular formula is C8H12N4O3. The van der Waals surface area contributed by atoms with Gasteiger partial charge in [-0.05, 0) is 19.0 Å². The van der Waals surface area contributed by atoms with Crippen LogP contribution in [0.4, 0.5) is 11.5 Å². The van der Waals surface area contributed by atoms with Gasteiger partial charge in [-0.25, -0.2) is 4.79 Å². The van der Waals surface area contributed by atoms with E-state index >= 15 is 0 Å². The van der Waals surface area contributed by atoms with Crippen molar-refractivity contribution in [2.45, 2.75) is 20.4 Å². The molecule has 0 aromatic carbocycles. The second-order valence-corrected chi connectivity index (χ2v) is 2.82. The van der Waals surface area contributed by atoms with E-state index in [2.05, 4.69) is 10.5 Å². The Morgan fingerprint density at radius 3 is 2.53 bits per heavy atom. The van der Waals surface area contributed by atoms with Crippen LogP contribution in [0.2, 0.25) is 0 Å². The predicted octanol–water partition coefficient (Wildman–Crippen LogP) is 0.386. The largest absolute Gasteiger partial charge is 0.370 e. The van der Waals surface area contributed by atoms with Gasteiger partial charge in [0.05, 0.1) is 0 Å². The highest BCUT2D eigenvalue weighted by atomic mass is 16.3. The topological polar surface area (TPSA) is 96.3 Å². The summed E-state index contributed by atoms with van der Waals surface area (Å²) in [6.45, 7) is 4.36. The number of rotatable bonds is 4. The average Bonchev–Trinajstić information content (AvgIpc) is 2.18. The van der Waals surface area contributed by atoms with Crippen molar-refractivity contribution >= 4 is 11.5 Å². The number of nitrogens with zero attached hydrogens (tertiary/aromatic N) is 2. The molecule has 1 aromatic heterocycles. The van der Waals surface area contributed by atoms with Crippen LogP contribution in [0, 0.1) is 4.91 Å². The van der Waals surface area contributed by atoms with Gasteiger partial charge >= 0.3 is 5.69 Å². The fraction of sp³-hybridized carbons (Fsp3) is 0.500. The minimum absolute atomic E-state index is 0.170. The van der Waals surface area contributed by atoms with Crippen LogP contribution in [0.1, 0.15) is 13.8 Å². The normalized spacial score (nSPS) is 10.0. The Hall–Kier alpha value is -1.92. The molecule has 0 saturated heterocycles. The van der Waals surface area contributed by atoms with E-state index in [0.717, 1.165) is 0 Å². The number of nitroso groups, excluding NO2 is 1. The standard InChI is InChI=1S/C8H12N4O3/c1-3-9-6-5(11-15)7(13)10-8(14)12(6)4-2/h9H,3-4H2,1-2H3,(H,10,13,14). The van der Waals surface area contributed by atoms with E-state index in [-0.39, 0.29) is 11.5 Å². The SMILES string of the molecule is CCNc1c(N=O)c(=O)[nH]c(=O)n1CC. The molecule has 1 rings (SSSR count). The van der Waals surface area contributed by atoms with Crippen molar-refractivity contribution in [1.82, 2.24) is 9.55 Å². The van der Waals surface area contributed by atoms with Crippen molar-refractivity contribution in [1.29, 1.82) is 0 Å². The maximum Gasteiger partial charge on any atom is 0.330 e. The van der Waals surface area contributed by atoms with E-state index in [1.54, 1.807) is 13.8 Å². The zero-order valence-electron chi connectivity index (χ0n) is 8.53. The second kappa shape index (κ2) is 4.54. The molecule has 7 nitrogen and oxygen atoms in total. The number of anilines is 1. The van der Waals surface area contributed by atoms with Gasteiger partial charge in [0.15, 0.2) is 0 Å². The van der Waals surface area contributed by atoms with Crippen LogP contribution in [-0.2, 0) is 6.54 Å². The highest BCUT2D eigenvalue weighted by Gasteiger charge is 2.13. The van der Waals surface area contributed by atoms with E-state index in [4.69, 9.17) is 0 Å². The summed E-state index contributed by atoms with van der Waals surface area (Å²) in [5.74, 6) is 0.170. The van der Waals surface area contributed by atoms with Crippen LogP contribution in [0.15, 0.2) is 14.8 Å². The van der Waals surface area contributed by atoms with E-state index in [9.17, 15) is 14.5 Å². The summed E-state index contributed by atoms with van der Waals surface area (Å²) in [5.41, 5.74) is -1.61. The first-order chi connectivity index (χ1) is 7.15. The second-order valence-electron chi connectivity index (χ2n) is 2.82. The zero-order valence-corrected chi connectivity index (χ0v) is 8.53. The third kappa shape index (κ3) is 1.95. The lowest BCUT2D eigenvalue weighted by atomic mass is 10.4. The molecular weight excluding hydrogens is 200 g/mol. The van der Waals surface area contributed by atoms with Crippen molar-refractivity contribution in [3.8, 4) is 0 Å². The Labute approximate surface area is 85.1 Å². The maximum atomic E-state index is 11.4. The Morgan fingerprint density at radius 1 is 1.40 bits per heavy atom. The van der Waals surface area contributed by atoms with Crippen molar-refractivity contribution in [2.24, 2.45) is 5.18 Å². The van der Waals surface area contributed by atoms with E-state index in [1.165, 1.54) is 4.57 Å². The summed E-state index contributed by atoms with van der Waals surface area (Å²) in [5, 5.41) is 5.40. The Kier molecular flexibility index (Phi) is 3.37. The number of H-pyrrole nitrogens is 1. The van der Waals surface area contributed by atoms with E-state index < -0.39 is 11.2 Å². The zero-order chi connectivity index (χ0) is 11.4. The molecule has 0 unspecified atom stereocenters. The minimum Gasteiger partial charge on any atom is -0.370 e. The van der Waals surface area contributed by atoms with Gasteiger partial charge < -0.3 is 5.32 Å². The third-order valence-electron chi connectivity index (χ3n) is 1.93. The summed E-state index contributed by atoms with van der Waals surface area (Å²) in [7, 11) is 0. The molecule has 0 aliphatic rings. The minimum atomic E-state index is -0.768. The molecule has 0 aliphatic heterocycles. The monoisotopic (exact) mass is 212 g/mol. The molecule has 15 heavy (non-hydrogen) atoms. The molecule has 7 heteroatoms. The summed E-state index contributed by atoms with van der Waals surface area (Å²) in [6, 6.07) is 0. The molecule has 0 amide bonds. The van der Waals surface area contributed by atoms with Gasteiger partial charge in [-0.15, -0.1) is 4.91 Å². The molecule has 1 aromatic rings. The van der Waals surface area contributed by atoms with Gasteiger partial charge in [0.2, 0.25) is 5.69 Å². The molecule has 0 aliphatic carbocycles. The molecule has 0 fully saturated rings. The molecule has 1 heterocycles. The Morgan fingerprint density at radius 2 is 2.07 bits per heavy atom. The number of aromatic amines is 1. The van der Waals surface area contributed by atoms with Gasteiger partial charge in [-0.3, -0.25) is 14.3 Å². The number of hydrogen-bond donors (Lipinski definition) is 2. The summed E-state index contributed by atoms with van der Waals surface area (Å²) >= 11 is 0. The van der Waals surface area contributed by atoms with Crippen molar-refractivity contribution < 1.29 is 0 Å². The molecule has 0 atom stereocenters. The van der Waals surface area contributed by atoms with Gasteiger partial charge in [-0.1, -0.05) is 0 Å². The van der Waals surface area contributed by atoms with Crippen molar-refractivity contribution in [3.05, 3.63) is 25.7 Å². The fourth-order valence-electron chi connectivity index (χ4n) is 1.29. The maximum absolute atomic E-state index is 11.4. The van der Waals surface area contributed by atoms with Crippen LogP contribution in [0.5, 0.6) is 0 Å². The number of hydrogen-bond acceptors (Lipinski definition) is 5. The van der Waals surface area contributed by atoms with Gasteiger partial charge in [0.25, 0.3) is 5.56 Å². The Bertz CT molecular complexity index is 474. The van der Waals surface area contributed by atoms with Crippen LogP contribution in [0.3, 0.4) is 0 Å². The van der Waals surface area contributed by atoms with Crippen LogP contribution in [0.25, 0.3) is 0 Å². The quantitative estimate of drug-likeness (QED) is 0.705. The first kappa shape index (κ1) is 11.2. The first-order valence-electron chi connectivity index (χ1n) is 4.60. The highest BCUT2D eigenvalue weighted by molar-refractivity contribution is 5.59.